The molecule has 0 radical (unpaired) electrons. The number of nitrogens with two attached hydrogens (primary N) is 1. The Morgan fingerprint density at radius 2 is 1.70 bits per heavy atom. The van der Waals surface area contributed by atoms with Gasteiger partial charge in [0.1, 0.15) is 5.60 Å². The SMILES string of the molecule is Cc1ccc([S@@](=O)C(C(=O)OC(C)(C)C)[C@@H](NCCCCN)c2ccccc2)cc1. The van der Waals surface area contributed by atoms with E-state index in [2.05, 4.69) is 5.32 Å². The largest absolute Gasteiger partial charge is 0.459 e. The van der Waals surface area contributed by atoms with Gasteiger partial charge in [-0.15, -0.1) is 0 Å². The molecule has 3 N–H and O–H groups in total. The van der Waals surface area contributed by atoms with Gasteiger partial charge in [0.05, 0.1) is 16.8 Å². The zero-order valence-corrected chi connectivity index (χ0v) is 19.2. The molecule has 0 amide bonds. The summed E-state index contributed by atoms with van der Waals surface area (Å²) in [5.74, 6) is -0.471. The van der Waals surface area contributed by atoms with E-state index in [1.807, 2.05) is 82.3 Å². The first-order chi connectivity index (χ1) is 14.2. The summed E-state index contributed by atoms with van der Waals surface area (Å²) in [7, 11) is -1.59. The Morgan fingerprint density at radius 1 is 1.07 bits per heavy atom. The van der Waals surface area contributed by atoms with E-state index in [1.165, 1.54) is 0 Å². The van der Waals surface area contributed by atoms with E-state index in [0.29, 0.717) is 18.0 Å². The number of benzene rings is 2. The van der Waals surface area contributed by atoms with Crippen LogP contribution in [0.5, 0.6) is 0 Å². The molecular formula is C24H34N2O3S. The molecule has 0 saturated carbocycles. The molecule has 2 aromatic carbocycles. The summed E-state index contributed by atoms with van der Waals surface area (Å²) in [5, 5.41) is 2.57. The molecule has 0 fully saturated rings. The van der Waals surface area contributed by atoms with E-state index in [-0.39, 0.29) is 0 Å². The molecule has 2 aromatic rings. The van der Waals surface area contributed by atoms with Crippen molar-refractivity contribution in [3.8, 4) is 0 Å². The van der Waals surface area contributed by atoms with E-state index in [1.54, 1.807) is 0 Å². The lowest BCUT2D eigenvalue weighted by Gasteiger charge is -2.30. The van der Waals surface area contributed by atoms with Crippen molar-refractivity contribution in [3.63, 3.8) is 0 Å². The standard InChI is InChI=1S/C24H34N2O3S/c1-18-12-14-20(15-13-18)30(28)22(23(27)29-24(2,3)4)21(26-17-9-8-16-25)19-10-6-5-7-11-19/h5-7,10-15,21-22,26H,8-9,16-17,25H2,1-4H3/t21-,22?,30+/m0/s1. The van der Waals surface area contributed by atoms with Crippen LogP contribution in [-0.4, -0.2) is 34.1 Å². The summed E-state index contributed by atoms with van der Waals surface area (Å²) in [6.07, 6.45) is 1.75. The Labute approximate surface area is 182 Å². The van der Waals surface area contributed by atoms with Crippen LogP contribution in [0.2, 0.25) is 0 Å². The van der Waals surface area contributed by atoms with E-state index in [0.717, 1.165) is 24.0 Å². The molecule has 0 heterocycles. The molecule has 5 nitrogen and oxygen atoms in total. The molecular weight excluding hydrogens is 396 g/mol. The minimum absolute atomic E-state index is 0.444. The van der Waals surface area contributed by atoms with Crippen molar-refractivity contribution in [1.82, 2.24) is 5.32 Å². The summed E-state index contributed by atoms with van der Waals surface area (Å²) < 4.78 is 19.3. The number of ether oxygens (including phenoxy) is 1. The highest BCUT2D eigenvalue weighted by atomic mass is 32.2. The summed E-state index contributed by atoms with van der Waals surface area (Å²) in [4.78, 5) is 13.9. The van der Waals surface area contributed by atoms with Crippen molar-refractivity contribution >= 4 is 16.8 Å². The summed E-state index contributed by atoms with van der Waals surface area (Å²) >= 11 is 0. The molecule has 0 spiro atoms. The Balaban J connectivity index is 2.43. The van der Waals surface area contributed by atoms with Gasteiger partial charge in [0.15, 0.2) is 5.25 Å². The smallest absolute Gasteiger partial charge is 0.324 e. The first-order valence-corrected chi connectivity index (χ1v) is 11.6. The van der Waals surface area contributed by atoms with Gasteiger partial charge in [-0.1, -0.05) is 48.0 Å². The number of rotatable bonds is 10. The molecule has 0 aromatic heterocycles. The number of esters is 1. The lowest BCUT2D eigenvalue weighted by Crippen LogP contribution is -2.44. The Hall–Kier alpha value is -2.02. The van der Waals surface area contributed by atoms with Gasteiger partial charge < -0.3 is 15.8 Å². The van der Waals surface area contributed by atoms with Crippen LogP contribution in [-0.2, 0) is 20.3 Å². The minimum atomic E-state index is -1.59. The molecule has 0 saturated heterocycles. The quantitative estimate of drug-likeness (QED) is 0.442. The molecule has 2 rings (SSSR count). The van der Waals surface area contributed by atoms with E-state index >= 15 is 0 Å². The van der Waals surface area contributed by atoms with Gasteiger partial charge in [-0.3, -0.25) is 9.00 Å². The van der Waals surface area contributed by atoms with Crippen LogP contribution in [0.3, 0.4) is 0 Å². The maximum absolute atomic E-state index is 13.6. The number of hydrogen-bond donors (Lipinski definition) is 2. The molecule has 0 aliphatic heterocycles. The van der Waals surface area contributed by atoms with Crippen molar-refractivity contribution in [2.75, 3.05) is 13.1 Å². The molecule has 0 aliphatic carbocycles. The molecule has 30 heavy (non-hydrogen) atoms. The number of hydrogen-bond acceptors (Lipinski definition) is 5. The van der Waals surface area contributed by atoms with Crippen molar-refractivity contribution in [1.29, 1.82) is 0 Å². The van der Waals surface area contributed by atoms with Gasteiger partial charge in [0, 0.05) is 4.90 Å². The minimum Gasteiger partial charge on any atom is -0.459 e. The summed E-state index contributed by atoms with van der Waals surface area (Å²) in [5.41, 5.74) is 6.92. The topological polar surface area (TPSA) is 81.4 Å². The molecule has 3 atom stereocenters. The van der Waals surface area contributed by atoms with Gasteiger partial charge >= 0.3 is 5.97 Å². The van der Waals surface area contributed by atoms with Gasteiger partial charge in [0.2, 0.25) is 0 Å². The average Bonchev–Trinajstić information content (AvgIpc) is 2.69. The normalized spacial score (nSPS) is 14.7. The molecule has 1 unspecified atom stereocenters. The first kappa shape index (κ1) is 24.3. The Kier molecular flexibility index (Phi) is 9.21. The van der Waals surface area contributed by atoms with Crippen LogP contribution in [0.25, 0.3) is 0 Å². The highest BCUT2D eigenvalue weighted by molar-refractivity contribution is 7.86. The van der Waals surface area contributed by atoms with Gasteiger partial charge in [-0.2, -0.15) is 0 Å². The lowest BCUT2D eigenvalue weighted by atomic mass is 10.0. The fourth-order valence-corrected chi connectivity index (χ4v) is 4.53. The van der Waals surface area contributed by atoms with Crippen LogP contribution in [0.1, 0.15) is 50.8 Å². The fourth-order valence-electron chi connectivity index (χ4n) is 3.11. The fraction of sp³-hybridized carbons (Fsp3) is 0.458. The molecule has 6 heteroatoms. The second kappa shape index (κ2) is 11.4. The highest BCUT2D eigenvalue weighted by Gasteiger charge is 2.38. The monoisotopic (exact) mass is 430 g/mol. The van der Waals surface area contributed by atoms with Crippen LogP contribution in [0.4, 0.5) is 0 Å². The molecule has 0 aliphatic rings. The third-order valence-corrected chi connectivity index (χ3v) is 6.24. The summed E-state index contributed by atoms with van der Waals surface area (Å²) in [6.45, 7) is 8.72. The Bertz CT molecular complexity index is 817. The lowest BCUT2D eigenvalue weighted by molar-refractivity contribution is -0.154. The first-order valence-electron chi connectivity index (χ1n) is 10.4. The predicted molar refractivity (Wildman–Crippen MR) is 123 cm³/mol. The number of unbranched alkanes of at least 4 members (excludes halogenated alkanes) is 1. The van der Waals surface area contributed by atoms with Crippen LogP contribution < -0.4 is 11.1 Å². The number of aryl methyl sites for hydroxylation is 1. The van der Waals surface area contributed by atoms with Crippen molar-refractivity contribution in [3.05, 3.63) is 65.7 Å². The number of carbonyl (C=O) groups excluding carboxylic acids is 1. The highest BCUT2D eigenvalue weighted by Crippen LogP contribution is 2.27. The third kappa shape index (κ3) is 7.35. The van der Waals surface area contributed by atoms with Crippen molar-refractivity contribution in [2.45, 2.75) is 62.3 Å². The third-order valence-electron chi connectivity index (χ3n) is 4.58. The van der Waals surface area contributed by atoms with E-state index < -0.39 is 33.7 Å². The van der Waals surface area contributed by atoms with Crippen LogP contribution >= 0.6 is 0 Å². The molecule has 0 bridgehead atoms. The summed E-state index contributed by atoms with van der Waals surface area (Å²) in [6, 6.07) is 16.7. The van der Waals surface area contributed by atoms with Crippen LogP contribution in [0.15, 0.2) is 59.5 Å². The second-order valence-corrected chi connectivity index (χ2v) is 9.98. The van der Waals surface area contributed by atoms with Gasteiger partial charge in [0.25, 0.3) is 0 Å². The number of nitrogens with one attached hydrogen (secondary N) is 1. The zero-order valence-electron chi connectivity index (χ0n) is 18.4. The van der Waals surface area contributed by atoms with Crippen molar-refractivity contribution < 1.29 is 13.7 Å². The number of carbonyl (C=O) groups is 1. The van der Waals surface area contributed by atoms with Gasteiger partial charge in [-0.05, 0) is 71.3 Å². The molecule has 164 valence electrons. The zero-order chi connectivity index (χ0) is 22.1. The maximum Gasteiger partial charge on any atom is 0.324 e. The van der Waals surface area contributed by atoms with Gasteiger partial charge in [-0.25, -0.2) is 0 Å². The second-order valence-electron chi connectivity index (χ2n) is 8.40. The average molecular weight is 431 g/mol. The predicted octanol–water partition coefficient (Wildman–Crippen LogP) is 3.88. The van der Waals surface area contributed by atoms with E-state index in [4.69, 9.17) is 10.5 Å². The van der Waals surface area contributed by atoms with E-state index in [9.17, 15) is 9.00 Å². The Morgan fingerprint density at radius 3 is 2.27 bits per heavy atom. The maximum atomic E-state index is 13.6. The van der Waals surface area contributed by atoms with Crippen LogP contribution in [0, 0.1) is 6.92 Å². The van der Waals surface area contributed by atoms with Crippen molar-refractivity contribution in [2.24, 2.45) is 5.73 Å².